The molecule has 0 amide bonds. The quantitative estimate of drug-likeness (QED) is 0.451. The van der Waals surface area contributed by atoms with Crippen molar-refractivity contribution in [1.82, 2.24) is 0 Å². The molecule has 0 bridgehead atoms. The van der Waals surface area contributed by atoms with Gasteiger partial charge in [-0.05, 0) is 25.7 Å². The normalized spacial score (nSPS) is 24.6. The summed E-state index contributed by atoms with van der Waals surface area (Å²) in [6.07, 6.45) is 12.9. The first-order valence-corrected chi connectivity index (χ1v) is 10.8. The molecular formula is C17H33NO3S. The van der Waals surface area contributed by atoms with Crippen LogP contribution in [0, 0.1) is 0 Å². The van der Waals surface area contributed by atoms with Crippen LogP contribution in [0.25, 0.3) is 0 Å². The number of nitrogens with zero attached hydrogens (tertiary/aromatic N) is 1. The summed E-state index contributed by atoms with van der Waals surface area (Å²) in [6.45, 7) is 2.07. The van der Waals surface area contributed by atoms with E-state index in [2.05, 4.69) is 12.1 Å². The molecular weight excluding hydrogens is 298 g/mol. The molecule has 5 heteroatoms. The van der Waals surface area contributed by atoms with E-state index in [-0.39, 0.29) is 5.75 Å². The molecule has 1 aliphatic carbocycles. The molecule has 0 spiro atoms. The van der Waals surface area contributed by atoms with E-state index < -0.39 is 15.1 Å². The van der Waals surface area contributed by atoms with Crippen LogP contribution in [0.4, 0.5) is 0 Å². The number of hydrogen-bond donors (Lipinski definition) is 1. The smallest absolute Gasteiger partial charge is 0.158 e. The Morgan fingerprint density at radius 2 is 1.59 bits per heavy atom. The summed E-state index contributed by atoms with van der Waals surface area (Å²) >= 11 is 0. The van der Waals surface area contributed by atoms with Gasteiger partial charge < -0.3 is 5.21 Å². The van der Waals surface area contributed by atoms with Gasteiger partial charge in [0, 0.05) is 0 Å². The van der Waals surface area contributed by atoms with Crippen LogP contribution in [0.5, 0.6) is 0 Å². The third-order valence-electron chi connectivity index (χ3n) is 4.62. The molecule has 0 aromatic rings. The Labute approximate surface area is 136 Å². The molecule has 0 aromatic heterocycles. The van der Waals surface area contributed by atoms with Crippen molar-refractivity contribution in [2.75, 3.05) is 5.75 Å². The lowest BCUT2D eigenvalue weighted by Gasteiger charge is -2.19. The summed E-state index contributed by atoms with van der Waals surface area (Å²) in [5.74, 6) is 0.227. The van der Waals surface area contributed by atoms with Gasteiger partial charge in [0.25, 0.3) is 0 Å². The highest BCUT2D eigenvalue weighted by Crippen LogP contribution is 2.21. The fraction of sp³-hybridized carbons (Fsp3) is 0.941. The molecule has 130 valence electrons. The van der Waals surface area contributed by atoms with E-state index in [4.69, 9.17) is 0 Å². The van der Waals surface area contributed by atoms with E-state index in [1.165, 1.54) is 25.7 Å². The highest BCUT2D eigenvalue weighted by molar-refractivity contribution is 7.92. The maximum atomic E-state index is 12.7. The minimum atomic E-state index is -3.20. The van der Waals surface area contributed by atoms with Crippen LogP contribution in [0.1, 0.15) is 90.4 Å². The Kier molecular flexibility index (Phi) is 9.76. The van der Waals surface area contributed by atoms with Crippen LogP contribution in [0.15, 0.2) is 5.16 Å². The Morgan fingerprint density at radius 1 is 1.00 bits per heavy atom. The molecule has 4 nitrogen and oxygen atoms in total. The molecule has 0 saturated heterocycles. The first-order chi connectivity index (χ1) is 10.6. The largest absolute Gasteiger partial charge is 0.411 e. The van der Waals surface area contributed by atoms with Crippen molar-refractivity contribution in [3.8, 4) is 0 Å². The maximum absolute atomic E-state index is 12.7. The van der Waals surface area contributed by atoms with Crippen molar-refractivity contribution in [3.63, 3.8) is 0 Å². The van der Waals surface area contributed by atoms with Gasteiger partial charge in [-0.2, -0.15) is 0 Å². The van der Waals surface area contributed by atoms with E-state index in [1.54, 1.807) is 0 Å². The van der Waals surface area contributed by atoms with E-state index in [1.807, 2.05) is 0 Å². The number of oxime groups is 1. The van der Waals surface area contributed by atoms with Gasteiger partial charge in [0.05, 0.1) is 11.5 Å². The average molecular weight is 332 g/mol. The summed E-state index contributed by atoms with van der Waals surface area (Å²) < 4.78 is 25.3. The second-order valence-corrected chi connectivity index (χ2v) is 8.82. The molecule has 1 saturated carbocycles. The molecule has 0 aliphatic heterocycles. The third-order valence-corrected chi connectivity index (χ3v) is 6.85. The van der Waals surface area contributed by atoms with Gasteiger partial charge in [-0.25, -0.2) is 8.42 Å². The monoisotopic (exact) mass is 331 g/mol. The molecule has 1 rings (SSSR count). The number of sulfone groups is 1. The lowest BCUT2D eigenvalue weighted by Crippen LogP contribution is -2.32. The van der Waals surface area contributed by atoms with Gasteiger partial charge in [0.15, 0.2) is 9.84 Å². The molecule has 22 heavy (non-hydrogen) atoms. The van der Waals surface area contributed by atoms with E-state index >= 15 is 0 Å². The Hall–Kier alpha value is -0.580. The van der Waals surface area contributed by atoms with Gasteiger partial charge in [-0.3, -0.25) is 0 Å². The molecule has 0 radical (unpaired) electrons. The topological polar surface area (TPSA) is 66.7 Å². The first-order valence-electron chi connectivity index (χ1n) is 9.04. The summed E-state index contributed by atoms with van der Waals surface area (Å²) in [4.78, 5) is 0. The zero-order valence-electron chi connectivity index (χ0n) is 14.1. The predicted molar refractivity (Wildman–Crippen MR) is 92.5 cm³/mol. The van der Waals surface area contributed by atoms with E-state index in [0.717, 1.165) is 38.5 Å². The van der Waals surface area contributed by atoms with Gasteiger partial charge in [0.1, 0.15) is 5.25 Å². The first kappa shape index (κ1) is 19.5. The molecule has 1 unspecified atom stereocenters. The lowest BCUT2D eigenvalue weighted by atomic mass is 9.99. The minimum absolute atomic E-state index is 0.227. The number of hydrogen-bond acceptors (Lipinski definition) is 4. The molecule has 1 fully saturated rings. The van der Waals surface area contributed by atoms with E-state index in [0.29, 0.717) is 25.0 Å². The van der Waals surface area contributed by atoms with Crippen LogP contribution in [-0.2, 0) is 9.84 Å². The van der Waals surface area contributed by atoms with E-state index in [9.17, 15) is 13.6 Å². The highest BCUT2D eigenvalue weighted by Gasteiger charge is 2.29. The molecule has 1 N–H and O–H groups in total. The minimum Gasteiger partial charge on any atom is -0.411 e. The predicted octanol–water partition coefficient (Wildman–Crippen LogP) is 4.70. The fourth-order valence-electron chi connectivity index (χ4n) is 3.22. The average Bonchev–Trinajstić information content (AvgIpc) is 2.47. The summed E-state index contributed by atoms with van der Waals surface area (Å²) in [7, 11) is -3.20. The highest BCUT2D eigenvalue weighted by atomic mass is 32.2. The second-order valence-electron chi connectivity index (χ2n) is 6.52. The van der Waals surface area contributed by atoms with Crippen LogP contribution in [-0.4, -0.2) is 30.3 Å². The van der Waals surface area contributed by atoms with Crippen molar-refractivity contribution in [3.05, 3.63) is 0 Å². The van der Waals surface area contributed by atoms with Crippen LogP contribution >= 0.6 is 0 Å². The van der Waals surface area contributed by atoms with Gasteiger partial charge in [0.2, 0.25) is 0 Å². The SMILES string of the molecule is CCCCCS(=O)(=O)C1CCCCCCCCCC/C1=N/O. The van der Waals surface area contributed by atoms with Gasteiger partial charge >= 0.3 is 0 Å². The summed E-state index contributed by atoms with van der Waals surface area (Å²) in [5, 5.41) is 12.2. The van der Waals surface area contributed by atoms with Crippen molar-refractivity contribution in [1.29, 1.82) is 0 Å². The molecule has 0 aromatic carbocycles. The van der Waals surface area contributed by atoms with Crippen molar-refractivity contribution in [2.24, 2.45) is 5.16 Å². The second kappa shape index (κ2) is 11.0. The van der Waals surface area contributed by atoms with Crippen molar-refractivity contribution in [2.45, 2.75) is 95.6 Å². The molecule has 0 heterocycles. The maximum Gasteiger partial charge on any atom is 0.158 e. The Morgan fingerprint density at radius 3 is 2.18 bits per heavy atom. The number of unbranched alkanes of at least 4 members (excludes halogenated alkanes) is 2. The van der Waals surface area contributed by atoms with Crippen molar-refractivity contribution < 1.29 is 13.6 Å². The van der Waals surface area contributed by atoms with Gasteiger partial charge in [-0.1, -0.05) is 69.9 Å². The fourth-order valence-corrected chi connectivity index (χ4v) is 5.22. The zero-order valence-corrected chi connectivity index (χ0v) is 14.9. The van der Waals surface area contributed by atoms with Crippen LogP contribution in [0.2, 0.25) is 0 Å². The Bertz CT molecular complexity index is 418. The van der Waals surface area contributed by atoms with Crippen molar-refractivity contribution >= 4 is 15.5 Å². The Balaban J connectivity index is 2.76. The summed E-state index contributed by atoms with van der Waals surface area (Å²) in [5.41, 5.74) is 0.497. The molecule has 1 atom stereocenters. The zero-order chi connectivity index (χ0) is 16.3. The standard InChI is InChI=1S/C17H33NO3S/c1-2-3-12-15-22(20,21)17-14-11-9-7-5-4-6-8-10-13-16(17)18-19/h17,19H,2-15H2,1H3/b18-16-. The number of rotatable bonds is 5. The van der Waals surface area contributed by atoms with Crippen LogP contribution in [0.3, 0.4) is 0 Å². The lowest BCUT2D eigenvalue weighted by molar-refractivity contribution is 0.315. The van der Waals surface area contributed by atoms with Gasteiger partial charge in [-0.15, -0.1) is 0 Å². The molecule has 1 aliphatic rings. The van der Waals surface area contributed by atoms with Crippen LogP contribution < -0.4 is 0 Å². The summed E-state index contributed by atoms with van der Waals surface area (Å²) in [6, 6.07) is 0. The third kappa shape index (κ3) is 7.12.